The van der Waals surface area contributed by atoms with Crippen LogP contribution in [-0.2, 0) is 9.53 Å². The van der Waals surface area contributed by atoms with E-state index in [1.54, 1.807) is 0 Å². The molecule has 142 valence electrons. The van der Waals surface area contributed by atoms with Gasteiger partial charge in [-0.25, -0.2) is 0 Å². The fourth-order valence-corrected chi connectivity index (χ4v) is 7.87. The molecular formula is C22H30O4. The number of rotatable bonds is 1. The summed E-state index contributed by atoms with van der Waals surface area (Å²) in [5, 5.41) is 20.0. The third kappa shape index (κ3) is 1.76. The number of ketones is 1. The molecule has 1 saturated heterocycles. The maximum absolute atomic E-state index is 12.0. The maximum Gasteiger partial charge on any atom is 0.155 e. The monoisotopic (exact) mass is 358 g/mol. The van der Waals surface area contributed by atoms with Crippen molar-refractivity contribution in [2.75, 3.05) is 6.61 Å². The first kappa shape index (κ1) is 17.0. The van der Waals surface area contributed by atoms with Crippen molar-refractivity contribution in [1.29, 1.82) is 0 Å². The molecule has 3 saturated carbocycles. The fourth-order valence-electron chi connectivity index (χ4n) is 7.87. The van der Waals surface area contributed by atoms with Crippen LogP contribution in [0.4, 0.5) is 0 Å². The zero-order valence-electron chi connectivity index (χ0n) is 16.0. The van der Waals surface area contributed by atoms with Crippen molar-refractivity contribution in [1.82, 2.24) is 0 Å². The lowest BCUT2D eigenvalue weighted by Gasteiger charge is -2.55. The Morgan fingerprint density at radius 3 is 2.81 bits per heavy atom. The number of allylic oxidation sites excluding steroid dienone is 1. The Morgan fingerprint density at radius 2 is 2.08 bits per heavy atom. The molecule has 7 atom stereocenters. The molecule has 4 nitrogen and oxygen atoms in total. The topological polar surface area (TPSA) is 70.1 Å². The molecule has 4 aliphatic carbocycles. The standard InChI is InChI=1S/C22H30O4/c1-12-8-16-15-5-4-13-9-14(24)6-7-21(13,3)22(15)18(26-22)10-20(16,2)19(12)17(25)11-23/h9,12,15-16,18,23,25H,4-8,10-11H2,1-3H3/t12?,15-,16-,18?,20-,21-,22-/m0/s1. The molecule has 0 aromatic rings. The molecule has 0 bridgehead atoms. The lowest BCUT2D eigenvalue weighted by atomic mass is 9.47. The third-order valence-corrected chi connectivity index (χ3v) is 8.90. The summed E-state index contributed by atoms with van der Waals surface area (Å²) in [5.41, 5.74) is 2.19. The summed E-state index contributed by atoms with van der Waals surface area (Å²) in [6, 6.07) is 0. The Kier molecular flexibility index (Phi) is 3.28. The molecule has 4 heteroatoms. The second-order valence-corrected chi connectivity index (χ2v) is 9.90. The van der Waals surface area contributed by atoms with Gasteiger partial charge in [-0.1, -0.05) is 26.3 Å². The fraction of sp³-hybridized carbons (Fsp3) is 0.773. The molecule has 5 rings (SSSR count). The first-order valence-electron chi connectivity index (χ1n) is 10.2. The summed E-state index contributed by atoms with van der Waals surface area (Å²) in [6.45, 7) is 6.54. The predicted octanol–water partition coefficient (Wildman–Crippen LogP) is 3.70. The van der Waals surface area contributed by atoms with Crippen LogP contribution < -0.4 is 0 Å². The summed E-state index contributed by atoms with van der Waals surface area (Å²) in [5.74, 6) is 1.73. The van der Waals surface area contributed by atoms with Crippen LogP contribution in [0.2, 0.25) is 0 Å². The molecule has 0 radical (unpaired) electrons. The van der Waals surface area contributed by atoms with Gasteiger partial charge in [0.1, 0.15) is 18.0 Å². The van der Waals surface area contributed by atoms with E-state index in [1.807, 2.05) is 6.08 Å². The molecule has 5 aliphatic rings. The van der Waals surface area contributed by atoms with Gasteiger partial charge in [-0.15, -0.1) is 0 Å². The molecule has 2 N–H and O–H groups in total. The summed E-state index contributed by atoms with van der Waals surface area (Å²) in [7, 11) is 0. The molecule has 1 heterocycles. The lowest BCUT2D eigenvalue weighted by molar-refractivity contribution is -0.117. The van der Waals surface area contributed by atoms with Crippen molar-refractivity contribution in [3.05, 3.63) is 23.0 Å². The Bertz CT molecular complexity index is 751. The first-order chi connectivity index (χ1) is 12.3. The number of hydrogen-bond donors (Lipinski definition) is 2. The van der Waals surface area contributed by atoms with E-state index < -0.39 is 0 Å². The van der Waals surface area contributed by atoms with Crippen molar-refractivity contribution >= 4 is 5.78 Å². The Balaban J connectivity index is 1.59. The van der Waals surface area contributed by atoms with E-state index >= 15 is 0 Å². The number of aliphatic hydroxyl groups excluding tert-OH is 2. The summed E-state index contributed by atoms with van der Waals surface area (Å²) in [4.78, 5) is 12.0. The average molecular weight is 358 g/mol. The number of ether oxygens (including phenoxy) is 1. The number of aliphatic hydroxyl groups is 2. The molecule has 1 spiro atoms. The van der Waals surface area contributed by atoms with Crippen LogP contribution in [0.3, 0.4) is 0 Å². The van der Waals surface area contributed by atoms with Crippen molar-refractivity contribution in [2.45, 2.75) is 71.0 Å². The minimum Gasteiger partial charge on any atom is -0.510 e. The highest BCUT2D eigenvalue weighted by atomic mass is 16.6. The largest absolute Gasteiger partial charge is 0.510 e. The van der Waals surface area contributed by atoms with Crippen LogP contribution in [0.5, 0.6) is 0 Å². The van der Waals surface area contributed by atoms with Gasteiger partial charge in [0.2, 0.25) is 0 Å². The molecule has 1 aliphatic heterocycles. The number of carbonyl (C=O) groups excluding carboxylic acids is 1. The average Bonchev–Trinajstić information content (AvgIpc) is 3.24. The quantitative estimate of drug-likeness (QED) is 0.554. The van der Waals surface area contributed by atoms with Crippen LogP contribution in [0.15, 0.2) is 23.0 Å². The van der Waals surface area contributed by atoms with Gasteiger partial charge in [-0.05, 0) is 66.9 Å². The first-order valence-corrected chi connectivity index (χ1v) is 10.2. The van der Waals surface area contributed by atoms with Crippen LogP contribution in [0, 0.1) is 28.6 Å². The van der Waals surface area contributed by atoms with Gasteiger partial charge in [-0.2, -0.15) is 0 Å². The number of fused-ring (bicyclic) bond motifs is 3. The van der Waals surface area contributed by atoms with E-state index in [1.165, 1.54) is 5.57 Å². The summed E-state index contributed by atoms with van der Waals surface area (Å²) >= 11 is 0. The van der Waals surface area contributed by atoms with Gasteiger partial charge >= 0.3 is 0 Å². The van der Waals surface area contributed by atoms with E-state index in [4.69, 9.17) is 4.74 Å². The van der Waals surface area contributed by atoms with E-state index in [0.29, 0.717) is 24.2 Å². The minimum absolute atomic E-state index is 0.00937. The molecular weight excluding hydrogens is 328 g/mol. The van der Waals surface area contributed by atoms with E-state index in [2.05, 4.69) is 20.8 Å². The van der Waals surface area contributed by atoms with Crippen molar-refractivity contribution in [3.8, 4) is 0 Å². The molecule has 2 unspecified atom stereocenters. The Morgan fingerprint density at radius 1 is 1.31 bits per heavy atom. The second-order valence-electron chi connectivity index (χ2n) is 9.90. The van der Waals surface area contributed by atoms with Gasteiger partial charge in [0.15, 0.2) is 5.78 Å². The van der Waals surface area contributed by atoms with Gasteiger partial charge < -0.3 is 14.9 Å². The molecule has 4 fully saturated rings. The van der Waals surface area contributed by atoms with Crippen LogP contribution in [-0.4, -0.2) is 34.3 Å². The molecule has 0 amide bonds. The number of epoxide rings is 1. The highest BCUT2D eigenvalue weighted by Gasteiger charge is 2.79. The van der Waals surface area contributed by atoms with Gasteiger partial charge in [-0.3, -0.25) is 4.79 Å². The van der Waals surface area contributed by atoms with Gasteiger partial charge in [0.05, 0.1) is 6.10 Å². The number of hydrogen-bond acceptors (Lipinski definition) is 4. The van der Waals surface area contributed by atoms with Gasteiger partial charge in [0, 0.05) is 11.8 Å². The normalized spacial score (nSPS) is 53.8. The SMILES string of the molecule is CC1C[C@H]2[C@@H]3CCC4=CC(=O)CC[C@]4(C)[C@]34OC4C[C@]2(C)C1=C(O)CO. The highest BCUT2D eigenvalue weighted by molar-refractivity contribution is 5.91. The molecule has 26 heavy (non-hydrogen) atoms. The Labute approximate surface area is 155 Å². The lowest BCUT2D eigenvalue weighted by Crippen LogP contribution is -2.56. The zero-order chi connectivity index (χ0) is 18.5. The van der Waals surface area contributed by atoms with Crippen molar-refractivity contribution in [3.63, 3.8) is 0 Å². The summed E-state index contributed by atoms with van der Waals surface area (Å²) in [6.07, 6.45) is 7.74. The van der Waals surface area contributed by atoms with Crippen LogP contribution in [0.25, 0.3) is 0 Å². The van der Waals surface area contributed by atoms with Crippen molar-refractivity contribution < 1.29 is 19.7 Å². The zero-order valence-corrected chi connectivity index (χ0v) is 16.0. The highest BCUT2D eigenvalue weighted by Crippen LogP contribution is 2.76. The second kappa shape index (κ2) is 5.02. The smallest absolute Gasteiger partial charge is 0.155 e. The molecule has 0 aromatic carbocycles. The number of carbonyl (C=O) groups is 1. The molecule has 0 aromatic heterocycles. The Hall–Kier alpha value is -1.13. The third-order valence-electron chi connectivity index (χ3n) is 8.90. The summed E-state index contributed by atoms with van der Waals surface area (Å²) < 4.78 is 6.56. The van der Waals surface area contributed by atoms with Crippen molar-refractivity contribution in [2.24, 2.45) is 28.6 Å². The van der Waals surface area contributed by atoms with E-state index in [9.17, 15) is 15.0 Å². The minimum atomic E-state index is -0.268. The van der Waals surface area contributed by atoms with Gasteiger partial charge in [0.25, 0.3) is 0 Å². The van der Waals surface area contributed by atoms with Crippen LogP contribution >= 0.6 is 0 Å². The maximum atomic E-state index is 12.0. The predicted molar refractivity (Wildman–Crippen MR) is 97.5 cm³/mol. The van der Waals surface area contributed by atoms with Crippen LogP contribution in [0.1, 0.15) is 59.3 Å². The van der Waals surface area contributed by atoms with E-state index in [0.717, 1.165) is 37.7 Å². The van der Waals surface area contributed by atoms with E-state index in [-0.39, 0.29) is 40.7 Å².